The first-order valence-corrected chi connectivity index (χ1v) is 3.78. The monoisotopic (exact) mass is 243 g/mol. The largest absolute Gasteiger partial charge is 0.433 e. The smallest absolute Gasteiger partial charge is 0.298 e. The van der Waals surface area contributed by atoms with Crippen molar-refractivity contribution in [1.29, 1.82) is 0 Å². The minimum atomic E-state index is -5.24. The lowest BCUT2D eigenvalue weighted by Gasteiger charge is -2.12. The summed E-state index contributed by atoms with van der Waals surface area (Å²) in [5, 5.41) is 0. The molecule has 0 aliphatic heterocycles. The Morgan fingerprint density at radius 1 is 1.31 bits per heavy atom. The molecule has 8 heteroatoms. The Labute approximate surface area is 84.9 Å². The highest BCUT2D eigenvalue weighted by Crippen LogP contribution is 2.36. The second-order valence-electron chi connectivity index (χ2n) is 2.71. The molecule has 0 bridgehead atoms. The average molecular weight is 243 g/mol. The first-order chi connectivity index (χ1) is 7.27. The quantitative estimate of drug-likeness (QED) is 0.454. The molecule has 1 heterocycles. The van der Waals surface area contributed by atoms with Crippen LogP contribution in [-0.2, 0) is 6.18 Å². The number of hydrogen-bond donors (Lipinski definition) is 0. The topological polar surface area (TPSA) is 30.0 Å². The molecule has 0 amide bonds. The van der Waals surface area contributed by atoms with Crippen molar-refractivity contribution in [2.45, 2.75) is 12.6 Å². The van der Waals surface area contributed by atoms with E-state index in [2.05, 4.69) is 4.98 Å². The third-order valence-electron chi connectivity index (χ3n) is 1.67. The fraction of sp³-hybridized carbons (Fsp3) is 0.250. The van der Waals surface area contributed by atoms with Gasteiger partial charge in [0.1, 0.15) is 0 Å². The van der Waals surface area contributed by atoms with Crippen LogP contribution in [-0.4, -0.2) is 11.3 Å². The van der Waals surface area contributed by atoms with Crippen LogP contribution in [0.2, 0.25) is 0 Å². The molecule has 0 saturated heterocycles. The van der Waals surface area contributed by atoms with E-state index in [1.807, 2.05) is 0 Å². The Balaban J connectivity index is 3.57. The molecule has 0 aliphatic rings. The maximum absolute atomic E-state index is 12.6. The van der Waals surface area contributed by atoms with Crippen LogP contribution < -0.4 is 0 Å². The number of hydrogen-bond acceptors (Lipinski definition) is 2. The van der Waals surface area contributed by atoms with Crippen LogP contribution in [0.3, 0.4) is 0 Å². The molecule has 0 unspecified atom stereocenters. The first kappa shape index (κ1) is 12.5. The van der Waals surface area contributed by atoms with Gasteiger partial charge in [0, 0.05) is 11.6 Å². The Kier molecular flexibility index (Phi) is 3.20. The SMILES string of the molecule is O=Cc1cc(F)nc(C(F)(F)F)c1C(F)F. The Bertz CT molecular complexity index is 414. The zero-order valence-corrected chi connectivity index (χ0v) is 7.36. The van der Waals surface area contributed by atoms with Crippen molar-refractivity contribution in [3.63, 3.8) is 0 Å². The van der Waals surface area contributed by atoms with Crippen molar-refractivity contribution in [2.24, 2.45) is 0 Å². The van der Waals surface area contributed by atoms with Crippen molar-refractivity contribution < 1.29 is 31.1 Å². The van der Waals surface area contributed by atoms with E-state index in [9.17, 15) is 31.1 Å². The molecule has 1 aromatic rings. The molecule has 0 aliphatic carbocycles. The molecule has 0 spiro atoms. The lowest BCUT2D eigenvalue weighted by atomic mass is 10.1. The molecule has 0 atom stereocenters. The van der Waals surface area contributed by atoms with Crippen molar-refractivity contribution in [2.75, 3.05) is 0 Å². The lowest BCUT2D eigenvalue weighted by molar-refractivity contribution is -0.143. The summed E-state index contributed by atoms with van der Waals surface area (Å²) >= 11 is 0. The van der Waals surface area contributed by atoms with Gasteiger partial charge in [0.25, 0.3) is 6.43 Å². The first-order valence-electron chi connectivity index (χ1n) is 3.78. The van der Waals surface area contributed by atoms with Gasteiger partial charge in [-0.05, 0) is 0 Å². The van der Waals surface area contributed by atoms with Crippen LogP contribution in [0.5, 0.6) is 0 Å². The van der Waals surface area contributed by atoms with Crippen LogP contribution in [0.25, 0.3) is 0 Å². The maximum Gasteiger partial charge on any atom is 0.433 e. The normalized spacial score (nSPS) is 11.9. The van der Waals surface area contributed by atoms with Gasteiger partial charge in [-0.25, -0.2) is 13.8 Å². The number of pyridine rings is 1. The second kappa shape index (κ2) is 4.11. The molecule has 1 rings (SSSR count). The molecule has 0 aromatic carbocycles. The number of carbonyl (C=O) groups excluding carboxylic acids is 1. The highest BCUT2D eigenvalue weighted by molar-refractivity contribution is 5.77. The standard InChI is InChI=1S/C8H3F6NO/c9-4-1-3(2-16)5(7(10)11)6(15-4)8(12,13)14/h1-2,7H. The minimum absolute atomic E-state index is 0.226. The summed E-state index contributed by atoms with van der Waals surface area (Å²) in [4.78, 5) is 12.6. The molecule has 1 aromatic heterocycles. The van der Waals surface area contributed by atoms with Crippen LogP contribution in [0, 0.1) is 5.95 Å². The van der Waals surface area contributed by atoms with E-state index in [0.29, 0.717) is 0 Å². The molecule has 88 valence electrons. The third kappa shape index (κ3) is 2.31. The van der Waals surface area contributed by atoms with Crippen LogP contribution >= 0.6 is 0 Å². The Morgan fingerprint density at radius 2 is 1.88 bits per heavy atom. The third-order valence-corrected chi connectivity index (χ3v) is 1.67. The van der Waals surface area contributed by atoms with Crippen LogP contribution in [0.15, 0.2) is 6.07 Å². The van der Waals surface area contributed by atoms with Crippen molar-refractivity contribution in [1.82, 2.24) is 4.98 Å². The molecule has 0 saturated carbocycles. The van der Waals surface area contributed by atoms with Gasteiger partial charge in [-0.1, -0.05) is 0 Å². The highest BCUT2D eigenvalue weighted by atomic mass is 19.4. The van der Waals surface area contributed by atoms with Gasteiger partial charge in [-0.15, -0.1) is 0 Å². The summed E-state index contributed by atoms with van der Waals surface area (Å²) in [6.45, 7) is 0. The van der Waals surface area contributed by atoms with E-state index in [0.717, 1.165) is 0 Å². The summed E-state index contributed by atoms with van der Waals surface area (Å²) in [6, 6.07) is 0.226. The van der Waals surface area contributed by atoms with Gasteiger partial charge in [0.05, 0.1) is 5.56 Å². The van der Waals surface area contributed by atoms with Crippen molar-refractivity contribution >= 4 is 6.29 Å². The summed E-state index contributed by atoms with van der Waals surface area (Å²) in [5.41, 5.74) is -4.75. The number of aromatic nitrogens is 1. The van der Waals surface area contributed by atoms with Gasteiger partial charge in [0.15, 0.2) is 12.0 Å². The number of carbonyl (C=O) groups is 1. The van der Waals surface area contributed by atoms with Gasteiger partial charge >= 0.3 is 6.18 Å². The number of nitrogens with zero attached hydrogens (tertiary/aromatic N) is 1. The molecule has 0 N–H and O–H groups in total. The van der Waals surface area contributed by atoms with Crippen LogP contribution in [0.1, 0.15) is 28.0 Å². The maximum atomic E-state index is 12.6. The average Bonchev–Trinajstić information content (AvgIpc) is 2.14. The van der Waals surface area contributed by atoms with E-state index in [1.165, 1.54) is 0 Å². The van der Waals surface area contributed by atoms with E-state index < -0.39 is 35.4 Å². The molecule has 0 radical (unpaired) electrons. The fourth-order valence-electron chi connectivity index (χ4n) is 1.09. The second-order valence-corrected chi connectivity index (χ2v) is 2.71. The molecule has 0 fully saturated rings. The highest BCUT2D eigenvalue weighted by Gasteiger charge is 2.39. The summed E-state index contributed by atoms with van der Waals surface area (Å²) in [6.07, 6.45) is -9.09. The molecule has 16 heavy (non-hydrogen) atoms. The Hall–Kier alpha value is -1.60. The van der Waals surface area contributed by atoms with Gasteiger partial charge in [-0.3, -0.25) is 4.79 Å². The Morgan fingerprint density at radius 3 is 2.25 bits per heavy atom. The predicted molar refractivity (Wildman–Crippen MR) is 39.5 cm³/mol. The van der Waals surface area contributed by atoms with Gasteiger partial charge in [-0.2, -0.15) is 17.6 Å². The van der Waals surface area contributed by atoms with E-state index >= 15 is 0 Å². The summed E-state index contributed by atoms with van der Waals surface area (Å²) < 4.78 is 73.9. The lowest BCUT2D eigenvalue weighted by Crippen LogP contribution is -2.15. The number of alkyl halides is 5. The van der Waals surface area contributed by atoms with Gasteiger partial charge < -0.3 is 0 Å². The van der Waals surface area contributed by atoms with E-state index in [4.69, 9.17) is 0 Å². The van der Waals surface area contributed by atoms with E-state index in [1.54, 1.807) is 0 Å². The number of rotatable bonds is 2. The summed E-state index contributed by atoms with van der Waals surface area (Å²) in [5.74, 6) is -1.64. The number of halogens is 6. The predicted octanol–water partition coefficient (Wildman–Crippen LogP) is 2.99. The van der Waals surface area contributed by atoms with E-state index in [-0.39, 0.29) is 12.4 Å². The number of aldehydes is 1. The van der Waals surface area contributed by atoms with Crippen molar-refractivity contribution in [3.05, 3.63) is 28.8 Å². The minimum Gasteiger partial charge on any atom is -0.298 e. The van der Waals surface area contributed by atoms with Gasteiger partial charge in [0.2, 0.25) is 5.95 Å². The fourth-order valence-corrected chi connectivity index (χ4v) is 1.09. The zero-order valence-electron chi connectivity index (χ0n) is 7.36. The molecule has 2 nitrogen and oxygen atoms in total. The van der Waals surface area contributed by atoms with Crippen LogP contribution in [0.4, 0.5) is 26.3 Å². The molecular formula is C8H3F6NO. The zero-order chi connectivity index (χ0) is 12.5. The summed E-state index contributed by atoms with van der Waals surface area (Å²) in [7, 11) is 0. The molecular weight excluding hydrogens is 240 g/mol. The van der Waals surface area contributed by atoms with Crippen molar-refractivity contribution in [3.8, 4) is 0 Å².